The molecule has 2 bridgehead atoms. The first kappa shape index (κ1) is 24.5. The van der Waals surface area contributed by atoms with Gasteiger partial charge in [-0.3, -0.25) is 4.57 Å². The van der Waals surface area contributed by atoms with Gasteiger partial charge >= 0.3 is 0 Å². The van der Waals surface area contributed by atoms with Crippen LogP contribution in [0, 0.1) is 5.82 Å². The number of aromatic nitrogens is 4. The number of hydrogen-bond acceptors (Lipinski definition) is 8. The van der Waals surface area contributed by atoms with Gasteiger partial charge in [0.25, 0.3) is 0 Å². The Balaban J connectivity index is 1.21. The Labute approximate surface area is 227 Å². The first-order chi connectivity index (χ1) is 18.8. The van der Waals surface area contributed by atoms with Gasteiger partial charge < -0.3 is 15.5 Å². The molecule has 0 amide bonds. The van der Waals surface area contributed by atoms with Crippen LogP contribution in [0.2, 0.25) is 0 Å². The molecule has 1 aliphatic carbocycles. The molecule has 2 atom stereocenters. The molecular weight excluding hydrogens is 515 g/mol. The van der Waals surface area contributed by atoms with Crippen LogP contribution in [-0.2, 0) is 9.73 Å². The molecule has 5 heterocycles. The number of fused-ring (bicyclic) bond motifs is 3. The number of nitrogens with zero attached hydrogens (tertiary/aromatic N) is 6. The molecule has 2 saturated heterocycles. The van der Waals surface area contributed by atoms with Crippen molar-refractivity contribution in [2.24, 2.45) is 4.36 Å². The first-order valence-corrected chi connectivity index (χ1v) is 15.7. The third-order valence-corrected chi connectivity index (χ3v) is 8.21. The van der Waals surface area contributed by atoms with Crippen molar-refractivity contribution < 1.29 is 8.60 Å². The number of piperazine rings is 1. The molecule has 11 heteroatoms. The number of anilines is 3. The summed E-state index contributed by atoms with van der Waals surface area (Å²) in [6.07, 6.45) is 9.49. The van der Waals surface area contributed by atoms with Crippen LogP contribution >= 0.6 is 0 Å². The smallest absolute Gasteiger partial charge is 0.229 e. The van der Waals surface area contributed by atoms with E-state index in [0.717, 1.165) is 49.9 Å². The number of nitrogens with one attached hydrogen (secondary N) is 2. The van der Waals surface area contributed by atoms with Gasteiger partial charge in [-0.05, 0) is 68.0 Å². The van der Waals surface area contributed by atoms with Gasteiger partial charge in [-0.15, -0.1) is 0 Å². The highest BCUT2D eigenvalue weighted by Gasteiger charge is 2.33. The summed E-state index contributed by atoms with van der Waals surface area (Å²) in [5, 5.41) is 7.68. The summed E-state index contributed by atoms with van der Waals surface area (Å²) >= 11 is 0. The molecule has 0 radical (unpaired) electrons. The van der Waals surface area contributed by atoms with Gasteiger partial charge in [-0.2, -0.15) is 9.35 Å². The van der Waals surface area contributed by atoms with Crippen molar-refractivity contribution >= 4 is 43.9 Å². The highest BCUT2D eigenvalue weighted by atomic mass is 32.2. The molecule has 3 fully saturated rings. The zero-order valence-electron chi connectivity index (χ0n) is 22.0. The van der Waals surface area contributed by atoms with Gasteiger partial charge in [0.1, 0.15) is 11.6 Å². The van der Waals surface area contributed by atoms with Crippen molar-refractivity contribution in [2.45, 2.75) is 43.7 Å². The van der Waals surface area contributed by atoms with E-state index >= 15 is 4.39 Å². The lowest BCUT2D eigenvalue weighted by atomic mass is 10.2. The van der Waals surface area contributed by atoms with Crippen molar-refractivity contribution in [3.63, 3.8) is 0 Å². The lowest BCUT2D eigenvalue weighted by Crippen LogP contribution is -2.51. The molecule has 2 unspecified atom stereocenters. The fraction of sp³-hybridized carbons (Fsp3) is 0.393. The van der Waals surface area contributed by atoms with Gasteiger partial charge in [-0.1, -0.05) is 6.07 Å². The normalized spacial score (nSPS) is 20.9. The second-order valence-corrected chi connectivity index (χ2v) is 13.7. The van der Waals surface area contributed by atoms with Crippen LogP contribution in [0.1, 0.15) is 37.3 Å². The Kier molecular flexibility index (Phi) is 5.82. The van der Waals surface area contributed by atoms with Crippen LogP contribution in [0.5, 0.6) is 0 Å². The Morgan fingerprint density at radius 1 is 1.05 bits per heavy atom. The SMILES string of the molecule is CS(C)(=O)=Nc1cccc(-n2c(C3CC3)cc3cnc(Nc4ccc(N5CC6CCC(C5)N6)c(F)c4)nc32)n1. The average Bonchev–Trinajstić information content (AvgIpc) is 3.58. The molecule has 202 valence electrons. The van der Waals surface area contributed by atoms with E-state index in [9.17, 15) is 4.21 Å². The monoisotopic (exact) mass is 546 g/mol. The summed E-state index contributed by atoms with van der Waals surface area (Å²) in [7, 11) is -2.35. The van der Waals surface area contributed by atoms with Crippen LogP contribution < -0.4 is 15.5 Å². The molecule has 3 aromatic heterocycles. The Morgan fingerprint density at radius 2 is 1.85 bits per heavy atom. The number of rotatable bonds is 6. The minimum absolute atomic E-state index is 0.255. The second kappa shape index (κ2) is 9.27. The molecule has 1 saturated carbocycles. The van der Waals surface area contributed by atoms with E-state index in [1.165, 1.54) is 6.07 Å². The molecule has 0 spiro atoms. The van der Waals surface area contributed by atoms with Gasteiger partial charge in [0.05, 0.1) is 5.69 Å². The van der Waals surface area contributed by atoms with E-state index in [-0.39, 0.29) is 5.82 Å². The molecule has 1 aromatic carbocycles. The molecular formula is C28H31FN8OS. The minimum atomic E-state index is -2.35. The molecule has 3 aliphatic rings. The molecule has 2 aliphatic heterocycles. The first-order valence-electron chi connectivity index (χ1n) is 13.4. The third kappa shape index (κ3) is 4.96. The standard InChI is InChI=1S/C28H31FN8OS/c1-39(2,38)35-25-4-3-5-26(33-25)37-24(17-6-7-17)12-18-14-30-28(34-27(18)37)32-19-10-11-23(22(29)13-19)36-15-20-8-9-21(16-36)31-20/h3-5,10-14,17,20-21,31H,6-9,15-16H2,1-2H3,(H,30,32,34). The minimum Gasteiger partial charge on any atom is -0.366 e. The van der Waals surface area contributed by atoms with Gasteiger partial charge in [-0.25, -0.2) is 18.6 Å². The number of pyridine rings is 1. The van der Waals surface area contributed by atoms with Crippen molar-refractivity contribution in [1.82, 2.24) is 24.8 Å². The van der Waals surface area contributed by atoms with E-state index in [4.69, 9.17) is 9.97 Å². The fourth-order valence-corrected chi connectivity index (χ4v) is 6.32. The zero-order valence-corrected chi connectivity index (χ0v) is 22.8. The van der Waals surface area contributed by atoms with E-state index in [1.807, 2.05) is 28.8 Å². The Bertz CT molecular complexity index is 1690. The maximum Gasteiger partial charge on any atom is 0.229 e. The molecule has 4 aromatic rings. The number of hydrogen-bond donors (Lipinski definition) is 2. The topological polar surface area (TPSA) is 100 Å². The van der Waals surface area contributed by atoms with E-state index in [2.05, 4.69) is 30.9 Å². The summed E-state index contributed by atoms with van der Waals surface area (Å²) in [6.45, 7) is 1.66. The van der Waals surface area contributed by atoms with E-state index < -0.39 is 9.73 Å². The quantitative estimate of drug-likeness (QED) is 0.356. The predicted molar refractivity (Wildman–Crippen MR) is 153 cm³/mol. The maximum absolute atomic E-state index is 15.2. The van der Waals surface area contributed by atoms with Crippen LogP contribution in [0.3, 0.4) is 0 Å². The van der Waals surface area contributed by atoms with Crippen molar-refractivity contribution in [3.8, 4) is 5.82 Å². The average molecular weight is 547 g/mol. The van der Waals surface area contributed by atoms with E-state index in [0.29, 0.717) is 52.6 Å². The van der Waals surface area contributed by atoms with Gasteiger partial charge in [0.2, 0.25) is 5.95 Å². The fourth-order valence-electron chi connectivity index (χ4n) is 5.77. The van der Waals surface area contributed by atoms with E-state index in [1.54, 1.807) is 24.8 Å². The predicted octanol–water partition coefficient (Wildman–Crippen LogP) is 4.88. The third-order valence-electron chi connectivity index (χ3n) is 7.59. The van der Waals surface area contributed by atoms with Gasteiger partial charge in [0, 0.05) is 70.4 Å². The van der Waals surface area contributed by atoms with Gasteiger partial charge in [0.15, 0.2) is 11.5 Å². The maximum atomic E-state index is 15.2. The summed E-state index contributed by atoms with van der Waals surface area (Å²) in [5.74, 6) is 1.65. The summed E-state index contributed by atoms with van der Waals surface area (Å²) in [6, 6.07) is 13.7. The Morgan fingerprint density at radius 3 is 2.56 bits per heavy atom. The van der Waals surface area contributed by atoms with Crippen molar-refractivity contribution in [1.29, 1.82) is 0 Å². The largest absolute Gasteiger partial charge is 0.366 e. The summed E-state index contributed by atoms with van der Waals surface area (Å²) in [5.41, 5.74) is 3.06. The molecule has 39 heavy (non-hydrogen) atoms. The lowest BCUT2D eigenvalue weighted by Gasteiger charge is -2.34. The summed E-state index contributed by atoms with van der Waals surface area (Å²) in [4.78, 5) is 16.2. The second-order valence-electron chi connectivity index (χ2n) is 11.1. The Hall–Kier alpha value is -3.57. The lowest BCUT2D eigenvalue weighted by molar-refractivity contribution is 0.460. The van der Waals surface area contributed by atoms with Crippen LogP contribution in [0.15, 0.2) is 53.0 Å². The van der Waals surface area contributed by atoms with Crippen LogP contribution in [0.4, 0.5) is 27.5 Å². The van der Waals surface area contributed by atoms with Crippen LogP contribution in [0.25, 0.3) is 16.9 Å². The highest BCUT2D eigenvalue weighted by Crippen LogP contribution is 2.43. The molecule has 2 N–H and O–H groups in total. The zero-order chi connectivity index (χ0) is 26.7. The van der Waals surface area contributed by atoms with Crippen molar-refractivity contribution in [2.75, 3.05) is 35.8 Å². The highest BCUT2D eigenvalue weighted by molar-refractivity contribution is 7.92. The summed E-state index contributed by atoms with van der Waals surface area (Å²) < 4.78 is 33.8. The van der Waals surface area contributed by atoms with Crippen LogP contribution in [-0.4, -0.2) is 61.4 Å². The number of benzene rings is 1. The number of halogens is 1. The molecule has 7 rings (SSSR count). The molecule has 9 nitrogen and oxygen atoms in total. The van der Waals surface area contributed by atoms with Crippen molar-refractivity contribution in [3.05, 3.63) is 60.2 Å².